The van der Waals surface area contributed by atoms with E-state index in [1.807, 2.05) is 60.0 Å². The number of piperazine rings is 1. The molecule has 0 unspecified atom stereocenters. The van der Waals surface area contributed by atoms with Gasteiger partial charge in [0.15, 0.2) is 5.82 Å². The Labute approximate surface area is 236 Å². The lowest BCUT2D eigenvalue weighted by Gasteiger charge is -2.41. The molecule has 208 valence electrons. The van der Waals surface area contributed by atoms with Crippen molar-refractivity contribution in [3.63, 3.8) is 0 Å². The molecule has 2 fully saturated rings. The maximum absolute atomic E-state index is 13.9. The Morgan fingerprint density at radius 3 is 2.55 bits per heavy atom. The monoisotopic (exact) mass is 539 g/mol. The average molecular weight is 540 g/mol. The summed E-state index contributed by atoms with van der Waals surface area (Å²) in [6, 6.07) is 15.9. The first kappa shape index (κ1) is 27.4. The zero-order valence-electron chi connectivity index (χ0n) is 23.5. The van der Waals surface area contributed by atoms with Crippen LogP contribution in [0.3, 0.4) is 0 Å². The number of nitrogens with one attached hydrogen (secondary N) is 1. The van der Waals surface area contributed by atoms with Crippen LogP contribution in [0.15, 0.2) is 48.7 Å². The Hall–Kier alpha value is -4.16. The van der Waals surface area contributed by atoms with Crippen LogP contribution in [-0.4, -0.2) is 77.5 Å². The summed E-state index contributed by atoms with van der Waals surface area (Å²) in [5, 5.41) is 31.6. The summed E-state index contributed by atoms with van der Waals surface area (Å²) in [4.78, 5) is 20.1. The molecule has 2 N–H and O–H groups in total. The lowest BCUT2D eigenvalue weighted by atomic mass is 9.94. The molecule has 0 aliphatic carbocycles. The molecule has 1 atom stereocenters. The van der Waals surface area contributed by atoms with E-state index in [2.05, 4.69) is 39.5 Å². The summed E-state index contributed by atoms with van der Waals surface area (Å²) < 4.78 is 0. The molecule has 40 heavy (non-hydrogen) atoms. The van der Waals surface area contributed by atoms with Crippen LogP contribution in [0.4, 0.5) is 17.2 Å². The molecule has 5 rings (SSSR count). The highest BCUT2D eigenvalue weighted by molar-refractivity contribution is 5.99. The van der Waals surface area contributed by atoms with E-state index < -0.39 is 0 Å². The van der Waals surface area contributed by atoms with Gasteiger partial charge in [-0.1, -0.05) is 18.2 Å². The minimum Gasteiger partial charge on any atom is -0.394 e. The van der Waals surface area contributed by atoms with Crippen LogP contribution < -0.4 is 15.1 Å². The molecule has 0 saturated carbocycles. The van der Waals surface area contributed by atoms with Crippen LogP contribution in [0.25, 0.3) is 0 Å². The van der Waals surface area contributed by atoms with Crippen molar-refractivity contribution in [1.29, 1.82) is 5.26 Å². The van der Waals surface area contributed by atoms with Crippen molar-refractivity contribution in [3.8, 4) is 6.07 Å². The summed E-state index contributed by atoms with van der Waals surface area (Å²) >= 11 is 0. The van der Waals surface area contributed by atoms with Gasteiger partial charge in [0.25, 0.3) is 5.91 Å². The van der Waals surface area contributed by atoms with Gasteiger partial charge in [0.1, 0.15) is 6.07 Å². The number of anilines is 3. The van der Waals surface area contributed by atoms with Crippen molar-refractivity contribution in [2.24, 2.45) is 0 Å². The second kappa shape index (κ2) is 11.9. The predicted molar refractivity (Wildman–Crippen MR) is 157 cm³/mol. The number of rotatable bonds is 6. The largest absolute Gasteiger partial charge is 0.394 e. The highest BCUT2D eigenvalue weighted by atomic mass is 16.3. The van der Waals surface area contributed by atoms with Crippen molar-refractivity contribution in [3.05, 3.63) is 76.5 Å². The van der Waals surface area contributed by atoms with E-state index >= 15 is 0 Å². The van der Waals surface area contributed by atoms with E-state index in [1.165, 1.54) is 0 Å². The van der Waals surface area contributed by atoms with Gasteiger partial charge in [-0.2, -0.15) is 10.4 Å². The first-order valence-corrected chi connectivity index (χ1v) is 14.0. The van der Waals surface area contributed by atoms with E-state index in [0.717, 1.165) is 59.6 Å². The third kappa shape index (κ3) is 5.45. The summed E-state index contributed by atoms with van der Waals surface area (Å²) in [7, 11) is 0. The Bertz CT molecular complexity index is 1400. The smallest absolute Gasteiger partial charge is 0.254 e. The maximum atomic E-state index is 13.9. The zero-order valence-corrected chi connectivity index (χ0v) is 23.5. The highest BCUT2D eigenvalue weighted by Crippen LogP contribution is 2.32. The number of aliphatic hydroxyl groups excluding tert-OH is 1. The van der Waals surface area contributed by atoms with Crippen molar-refractivity contribution in [1.82, 2.24) is 15.1 Å². The lowest BCUT2D eigenvalue weighted by molar-refractivity contribution is 0.0697. The summed E-state index contributed by atoms with van der Waals surface area (Å²) in [5.74, 6) is 0.711. The second-order valence-corrected chi connectivity index (χ2v) is 10.8. The van der Waals surface area contributed by atoms with Gasteiger partial charge in [-0.05, 0) is 74.6 Å². The van der Waals surface area contributed by atoms with E-state index in [1.54, 1.807) is 6.20 Å². The fourth-order valence-electron chi connectivity index (χ4n) is 6.15. The minimum absolute atomic E-state index is 0.00164. The molecular weight excluding hydrogens is 502 g/mol. The number of carbonyl (C=O) groups excluding carboxylic acids is 1. The van der Waals surface area contributed by atoms with Crippen LogP contribution >= 0.6 is 0 Å². The average Bonchev–Trinajstić information content (AvgIpc) is 2.99. The number of hydrogen-bond donors (Lipinski definition) is 2. The summed E-state index contributed by atoms with van der Waals surface area (Å²) in [6.07, 6.45) is 3.51. The number of nitriles is 1. The number of hydrogen-bond acceptors (Lipinski definition) is 8. The van der Waals surface area contributed by atoms with Gasteiger partial charge in [0.2, 0.25) is 0 Å². The Morgan fingerprint density at radius 1 is 1.07 bits per heavy atom. The molecule has 2 aliphatic heterocycles. The van der Waals surface area contributed by atoms with Gasteiger partial charge >= 0.3 is 0 Å². The quantitative estimate of drug-likeness (QED) is 0.489. The van der Waals surface area contributed by atoms with Crippen molar-refractivity contribution in [2.75, 3.05) is 54.4 Å². The molecule has 0 spiro atoms. The third-order valence-corrected chi connectivity index (χ3v) is 8.23. The molecule has 9 heteroatoms. The summed E-state index contributed by atoms with van der Waals surface area (Å²) in [6.45, 7) is 9.34. The molecule has 2 aliphatic rings. The number of amides is 1. The Balaban J connectivity index is 1.30. The van der Waals surface area contributed by atoms with E-state index in [9.17, 15) is 15.2 Å². The standard InChI is InChI=1S/C31H37N7O2/c1-21-17-22(2)30(34-25-10-13-36(14-11-25)27-8-5-4-7-24(27)18-32)23(3)29(21)31(40)37-15-16-38(26(19-37)20-39)28-9-6-12-33-35-28/h4-9,12,17,25-26,34,39H,10-11,13-16,19-20H2,1-3H3/t26-/m0/s1. The number of aryl methyl sites for hydroxylation is 2. The topological polar surface area (TPSA) is 109 Å². The predicted octanol–water partition coefficient (Wildman–Crippen LogP) is 3.68. The van der Waals surface area contributed by atoms with Crippen LogP contribution in [0, 0.1) is 32.1 Å². The van der Waals surface area contributed by atoms with Crippen LogP contribution in [0.5, 0.6) is 0 Å². The van der Waals surface area contributed by atoms with Crippen molar-refractivity contribution < 1.29 is 9.90 Å². The fourth-order valence-corrected chi connectivity index (χ4v) is 6.15. The fraction of sp³-hybridized carbons (Fsp3) is 0.419. The molecule has 2 saturated heterocycles. The molecule has 2 aromatic carbocycles. The first-order chi connectivity index (χ1) is 19.4. The molecule has 3 heterocycles. The number of carbonyl (C=O) groups is 1. The molecule has 3 aromatic rings. The van der Waals surface area contributed by atoms with Gasteiger partial charge in [-0.3, -0.25) is 4.79 Å². The van der Waals surface area contributed by atoms with Crippen molar-refractivity contribution >= 4 is 23.1 Å². The molecule has 9 nitrogen and oxygen atoms in total. The van der Waals surface area contributed by atoms with Crippen LogP contribution in [0.1, 0.15) is 45.5 Å². The number of para-hydroxylation sites is 1. The minimum atomic E-state index is -0.241. The van der Waals surface area contributed by atoms with Gasteiger partial charge in [-0.25, -0.2) is 0 Å². The molecule has 0 radical (unpaired) electrons. The van der Waals surface area contributed by atoms with Gasteiger partial charge < -0.3 is 25.1 Å². The van der Waals surface area contributed by atoms with Crippen LogP contribution in [-0.2, 0) is 0 Å². The molecular formula is C31H37N7O2. The van der Waals surface area contributed by atoms with E-state index in [4.69, 9.17) is 0 Å². The normalized spacial score (nSPS) is 18.0. The number of aromatic nitrogens is 2. The Kier molecular flexibility index (Phi) is 8.17. The zero-order chi connectivity index (χ0) is 28.2. The van der Waals surface area contributed by atoms with Gasteiger partial charge in [0.05, 0.1) is 23.9 Å². The SMILES string of the molecule is Cc1cc(C)c(C(=O)N2CCN(c3cccnn3)[C@H](CO)C2)c(C)c1NC1CCN(c2ccccc2C#N)CC1. The number of nitrogens with zero attached hydrogens (tertiary/aromatic N) is 6. The number of benzene rings is 2. The van der Waals surface area contributed by atoms with Gasteiger partial charge in [-0.15, -0.1) is 5.10 Å². The van der Waals surface area contributed by atoms with E-state index in [0.29, 0.717) is 31.0 Å². The Morgan fingerprint density at radius 2 is 1.85 bits per heavy atom. The lowest BCUT2D eigenvalue weighted by Crippen LogP contribution is -2.56. The highest BCUT2D eigenvalue weighted by Gasteiger charge is 2.32. The van der Waals surface area contributed by atoms with Gasteiger partial charge in [0, 0.05) is 56.2 Å². The second-order valence-electron chi connectivity index (χ2n) is 10.8. The molecule has 1 amide bonds. The molecule has 1 aromatic heterocycles. The number of piperidine rings is 1. The molecule has 0 bridgehead atoms. The maximum Gasteiger partial charge on any atom is 0.254 e. The third-order valence-electron chi connectivity index (χ3n) is 8.23. The number of aliphatic hydroxyl groups is 1. The summed E-state index contributed by atoms with van der Waals surface area (Å²) in [5.41, 5.74) is 6.54. The van der Waals surface area contributed by atoms with E-state index in [-0.39, 0.29) is 24.6 Å². The first-order valence-electron chi connectivity index (χ1n) is 14.0. The van der Waals surface area contributed by atoms with Crippen molar-refractivity contribution in [2.45, 2.75) is 45.7 Å². The van der Waals surface area contributed by atoms with Crippen LogP contribution in [0.2, 0.25) is 0 Å².